The fourth-order valence-corrected chi connectivity index (χ4v) is 8.02. The van der Waals surface area contributed by atoms with E-state index in [-0.39, 0.29) is 24.5 Å². The molecular weight excluding hydrogens is 519 g/mol. The standard InChI is InChI=1S/C27H30Cl2N2O4S/c1-14-9-16-10-18(11-20(14)27(16,33)26-30-17(7-8-32)13-36-26)34-12-19-24(31-35-25(19)15-5-6-15)23-21(28)3-2-4-22(23)29/h2-4,13-16,18,20,32-33H,5-12H2,1H3/t14-,16+,18+,20+,27-/m0/s1. The summed E-state index contributed by atoms with van der Waals surface area (Å²) in [4.78, 5) is 4.70. The van der Waals surface area contributed by atoms with Crippen molar-refractivity contribution in [2.24, 2.45) is 17.8 Å². The second kappa shape index (κ2) is 9.68. The van der Waals surface area contributed by atoms with Gasteiger partial charge in [-0.15, -0.1) is 11.3 Å². The molecule has 0 aliphatic heterocycles. The maximum absolute atomic E-state index is 11.9. The summed E-state index contributed by atoms with van der Waals surface area (Å²) in [6.45, 7) is 2.66. The second-order valence-electron chi connectivity index (χ2n) is 10.6. The Bertz CT molecular complexity index is 1240. The molecule has 5 atom stereocenters. The molecule has 2 bridgehead atoms. The number of hydrogen-bond acceptors (Lipinski definition) is 7. The van der Waals surface area contributed by atoms with Crippen molar-refractivity contribution in [1.82, 2.24) is 10.1 Å². The van der Waals surface area contributed by atoms with Crippen molar-refractivity contribution >= 4 is 34.5 Å². The third-order valence-corrected chi connectivity index (χ3v) is 9.95. The van der Waals surface area contributed by atoms with Gasteiger partial charge in [0.15, 0.2) is 0 Å². The first-order valence-corrected chi connectivity index (χ1v) is 14.4. The summed E-state index contributed by atoms with van der Waals surface area (Å²) < 4.78 is 12.3. The monoisotopic (exact) mass is 548 g/mol. The van der Waals surface area contributed by atoms with E-state index in [9.17, 15) is 10.2 Å². The van der Waals surface area contributed by atoms with Gasteiger partial charge in [0, 0.05) is 35.5 Å². The van der Waals surface area contributed by atoms with Crippen LogP contribution in [0.1, 0.15) is 67.0 Å². The van der Waals surface area contributed by atoms with Gasteiger partial charge in [-0.1, -0.05) is 41.3 Å². The SMILES string of the molecule is C[C@H]1C[C@@H]2C[C@@H](OCc3c(-c4c(Cl)cccc4Cl)noc3C3CC3)C[C@H]1[C@]2(O)c1nc(CCO)cs1. The molecule has 9 heteroatoms. The summed E-state index contributed by atoms with van der Waals surface area (Å²) in [6.07, 6.45) is 5.22. The minimum atomic E-state index is -0.926. The van der Waals surface area contributed by atoms with Crippen LogP contribution < -0.4 is 0 Å². The van der Waals surface area contributed by atoms with Crippen LogP contribution in [0.25, 0.3) is 11.3 Å². The highest BCUT2D eigenvalue weighted by atomic mass is 35.5. The Labute approximate surface area is 224 Å². The molecule has 3 aliphatic rings. The second-order valence-corrected chi connectivity index (χ2v) is 12.3. The number of thiazole rings is 1. The Kier molecular flexibility index (Phi) is 6.68. The molecule has 3 saturated carbocycles. The normalized spacial score (nSPS) is 29.7. The van der Waals surface area contributed by atoms with E-state index in [1.807, 2.05) is 23.6 Å². The zero-order chi connectivity index (χ0) is 25.0. The van der Waals surface area contributed by atoms with Crippen molar-refractivity contribution in [2.45, 2.75) is 69.7 Å². The van der Waals surface area contributed by atoms with Gasteiger partial charge >= 0.3 is 0 Å². The lowest BCUT2D eigenvalue weighted by molar-refractivity contribution is -0.120. The number of benzene rings is 1. The molecule has 192 valence electrons. The molecule has 2 heterocycles. The number of halogens is 2. The molecule has 0 unspecified atom stereocenters. The first-order chi connectivity index (χ1) is 17.4. The summed E-state index contributed by atoms with van der Waals surface area (Å²) in [6, 6.07) is 5.44. The fourth-order valence-electron chi connectivity index (χ4n) is 6.35. The van der Waals surface area contributed by atoms with Crippen molar-refractivity contribution in [2.75, 3.05) is 6.61 Å². The summed E-state index contributed by atoms with van der Waals surface area (Å²) >= 11 is 14.5. The van der Waals surface area contributed by atoms with Crippen molar-refractivity contribution in [3.8, 4) is 11.3 Å². The topological polar surface area (TPSA) is 88.6 Å². The number of aromatic nitrogens is 2. The van der Waals surface area contributed by atoms with Crippen LogP contribution in [0.2, 0.25) is 10.0 Å². The van der Waals surface area contributed by atoms with Gasteiger partial charge < -0.3 is 19.5 Å². The predicted molar refractivity (Wildman–Crippen MR) is 139 cm³/mol. The lowest BCUT2D eigenvalue weighted by Gasteiger charge is -2.42. The van der Waals surface area contributed by atoms with E-state index in [2.05, 4.69) is 12.1 Å². The van der Waals surface area contributed by atoms with Gasteiger partial charge in [-0.05, 0) is 62.0 Å². The van der Waals surface area contributed by atoms with Gasteiger partial charge in [0.2, 0.25) is 0 Å². The van der Waals surface area contributed by atoms with Crippen molar-refractivity contribution < 1.29 is 19.5 Å². The van der Waals surface area contributed by atoms with Crippen LogP contribution in [-0.2, 0) is 23.4 Å². The quantitative estimate of drug-likeness (QED) is 0.340. The molecule has 0 amide bonds. The Balaban J connectivity index is 1.23. The highest BCUT2D eigenvalue weighted by Gasteiger charge is 2.59. The van der Waals surface area contributed by atoms with E-state index in [1.54, 1.807) is 0 Å². The van der Waals surface area contributed by atoms with E-state index >= 15 is 0 Å². The van der Waals surface area contributed by atoms with Gasteiger partial charge in [-0.3, -0.25) is 0 Å². The van der Waals surface area contributed by atoms with Gasteiger partial charge in [0.1, 0.15) is 22.1 Å². The molecule has 3 fully saturated rings. The molecule has 2 aromatic heterocycles. The summed E-state index contributed by atoms with van der Waals surface area (Å²) in [5.41, 5.74) is 2.20. The van der Waals surface area contributed by atoms with Crippen LogP contribution in [0.4, 0.5) is 0 Å². The summed E-state index contributed by atoms with van der Waals surface area (Å²) in [7, 11) is 0. The molecule has 3 aromatic rings. The van der Waals surface area contributed by atoms with Gasteiger partial charge in [-0.2, -0.15) is 0 Å². The van der Waals surface area contributed by atoms with E-state index in [4.69, 9.17) is 37.4 Å². The van der Waals surface area contributed by atoms with Crippen LogP contribution in [0.15, 0.2) is 28.1 Å². The number of hydrogen-bond donors (Lipinski definition) is 2. The maximum atomic E-state index is 11.9. The van der Waals surface area contributed by atoms with Crippen molar-refractivity contribution in [3.63, 3.8) is 0 Å². The third-order valence-electron chi connectivity index (χ3n) is 8.29. The van der Waals surface area contributed by atoms with Crippen molar-refractivity contribution in [1.29, 1.82) is 0 Å². The van der Waals surface area contributed by atoms with E-state index in [0.29, 0.717) is 46.2 Å². The van der Waals surface area contributed by atoms with Crippen LogP contribution in [0.5, 0.6) is 0 Å². The molecule has 3 aliphatic carbocycles. The number of fused-ring (bicyclic) bond motifs is 2. The number of nitrogens with zero attached hydrogens (tertiary/aromatic N) is 2. The van der Waals surface area contributed by atoms with E-state index in [0.717, 1.165) is 54.1 Å². The first kappa shape index (κ1) is 24.8. The Hall–Kier alpha value is -1.48. The third kappa shape index (κ3) is 4.22. The van der Waals surface area contributed by atoms with Crippen LogP contribution in [-0.4, -0.2) is 33.1 Å². The van der Waals surface area contributed by atoms with Crippen LogP contribution >= 0.6 is 34.5 Å². The van der Waals surface area contributed by atoms with Gasteiger partial charge in [0.05, 0.1) is 28.5 Å². The number of ether oxygens (including phenoxy) is 1. The maximum Gasteiger partial charge on any atom is 0.145 e. The number of aliphatic hydroxyl groups excluding tert-OH is 1. The highest BCUT2D eigenvalue weighted by Crippen LogP contribution is 2.58. The largest absolute Gasteiger partial charge is 0.396 e. The first-order valence-electron chi connectivity index (χ1n) is 12.7. The molecule has 0 radical (unpaired) electrons. The molecule has 36 heavy (non-hydrogen) atoms. The molecule has 6 nitrogen and oxygen atoms in total. The Morgan fingerprint density at radius 2 is 1.97 bits per heavy atom. The fraction of sp³-hybridized carbons (Fsp3) is 0.556. The molecule has 0 saturated heterocycles. The van der Waals surface area contributed by atoms with Gasteiger partial charge in [0.25, 0.3) is 0 Å². The predicted octanol–water partition coefficient (Wildman–Crippen LogP) is 6.36. The average Bonchev–Trinajstić information content (AvgIpc) is 3.41. The number of rotatable bonds is 8. The highest BCUT2D eigenvalue weighted by molar-refractivity contribution is 7.09. The summed E-state index contributed by atoms with van der Waals surface area (Å²) in [5, 5.41) is 29.4. The average molecular weight is 550 g/mol. The molecular formula is C27H30Cl2N2O4S. The van der Waals surface area contributed by atoms with E-state index < -0.39 is 5.60 Å². The molecule has 1 aromatic carbocycles. The van der Waals surface area contributed by atoms with Gasteiger partial charge in [-0.25, -0.2) is 4.98 Å². The lowest BCUT2D eigenvalue weighted by atomic mass is 9.72. The minimum Gasteiger partial charge on any atom is -0.396 e. The zero-order valence-corrected chi connectivity index (χ0v) is 22.5. The Morgan fingerprint density at radius 1 is 1.19 bits per heavy atom. The Morgan fingerprint density at radius 3 is 2.67 bits per heavy atom. The summed E-state index contributed by atoms with van der Waals surface area (Å²) in [5.74, 6) is 1.80. The van der Waals surface area contributed by atoms with Crippen molar-refractivity contribution in [3.05, 3.63) is 55.6 Å². The van der Waals surface area contributed by atoms with E-state index in [1.165, 1.54) is 11.3 Å². The molecule has 2 N–H and O–H groups in total. The minimum absolute atomic E-state index is 0.0265. The lowest BCUT2D eigenvalue weighted by Crippen LogP contribution is -2.45. The smallest absolute Gasteiger partial charge is 0.145 e. The number of aliphatic hydroxyl groups is 2. The van der Waals surface area contributed by atoms with Crippen LogP contribution in [0, 0.1) is 17.8 Å². The molecule has 0 spiro atoms. The molecule has 6 rings (SSSR count). The van der Waals surface area contributed by atoms with Crippen LogP contribution in [0.3, 0.4) is 0 Å². The zero-order valence-electron chi connectivity index (χ0n) is 20.1.